The molecule has 0 spiro atoms. The normalized spacial score (nSPS) is 17.5. The molecule has 36 heavy (non-hydrogen) atoms. The Hall–Kier alpha value is -3.44. The van der Waals surface area contributed by atoms with E-state index in [1.54, 1.807) is 0 Å². The zero-order chi connectivity index (χ0) is 25.7. The predicted molar refractivity (Wildman–Crippen MR) is 153 cm³/mol. The van der Waals surface area contributed by atoms with E-state index < -0.39 is 0 Å². The van der Waals surface area contributed by atoms with Gasteiger partial charge in [-0.1, -0.05) is 29.8 Å². The summed E-state index contributed by atoms with van der Waals surface area (Å²) < 4.78 is 2.41. The van der Waals surface area contributed by atoms with Crippen LogP contribution in [-0.4, -0.2) is 14.7 Å². The first kappa shape index (κ1) is 24.3. The molecule has 0 unspecified atom stereocenters. The molecule has 184 valence electrons. The number of nitrogens with one attached hydrogen (secondary N) is 1. The molecule has 0 amide bonds. The smallest absolute Gasteiger partial charge is 0.174 e. The van der Waals surface area contributed by atoms with Gasteiger partial charge in [0.05, 0.1) is 23.5 Å². The van der Waals surface area contributed by atoms with Crippen LogP contribution >= 0.6 is 12.2 Å². The van der Waals surface area contributed by atoms with E-state index in [-0.39, 0.29) is 12.1 Å². The minimum atomic E-state index is -0.0607. The lowest BCUT2D eigenvalue weighted by Crippen LogP contribution is -2.29. The SMILES string of the molecule is Cc1cc(C)c(-n2c(C)cc([C@H]3[C@@H](c4ccccn4)NC(=S)N3c3ccc(C)c(C)c3)c2C)c(C)c1. The molecule has 4 nitrogen and oxygen atoms in total. The molecule has 3 heterocycles. The molecule has 5 heteroatoms. The Kier molecular flexibility index (Phi) is 6.21. The van der Waals surface area contributed by atoms with E-state index in [1.807, 2.05) is 18.3 Å². The second-order valence-electron chi connectivity index (χ2n) is 10.2. The van der Waals surface area contributed by atoms with Crippen molar-refractivity contribution in [2.45, 2.75) is 60.5 Å². The first-order valence-electron chi connectivity index (χ1n) is 12.5. The Morgan fingerprint density at radius 3 is 2.17 bits per heavy atom. The van der Waals surface area contributed by atoms with E-state index in [9.17, 15) is 0 Å². The van der Waals surface area contributed by atoms with Crippen LogP contribution in [0.2, 0.25) is 0 Å². The van der Waals surface area contributed by atoms with Gasteiger partial charge in [0, 0.05) is 23.3 Å². The number of nitrogens with zero attached hydrogens (tertiary/aromatic N) is 3. The van der Waals surface area contributed by atoms with Crippen molar-refractivity contribution < 1.29 is 0 Å². The number of hydrogen-bond acceptors (Lipinski definition) is 2. The van der Waals surface area contributed by atoms with Crippen molar-refractivity contribution >= 4 is 23.0 Å². The number of aromatic nitrogens is 2. The van der Waals surface area contributed by atoms with E-state index in [2.05, 4.69) is 106 Å². The highest BCUT2D eigenvalue weighted by Gasteiger charge is 2.42. The van der Waals surface area contributed by atoms with Crippen molar-refractivity contribution in [2.75, 3.05) is 4.90 Å². The summed E-state index contributed by atoms with van der Waals surface area (Å²) in [7, 11) is 0. The summed E-state index contributed by atoms with van der Waals surface area (Å²) >= 11 is 5.97. The minimum Gasteiger partial charge on any atom is -0.351 e. The van der Waals surface area contributed by atoms with Crippen LogP contribution in [-0.2, 0) is 0 Å². The monoisotopic (exact) mass is 494 g/mol. The molecule has 5 rings (SSSR count). The van der Waals surface area contributed by atoms with Gasteiger partial charge >= 0.3 is 0 Å². The van der Waals surface area contributed by atoms with Gasteiger partial charge in [0.2, 0.25) is 0 Å². The van der Waals surface area contributed by atoms with E-state index in [0.29, 0.717) is 0 Å². The van der Waals surface area contributed by atoms with Gasteiger partial charge in [-0.2, -0.15) is 0 Å². The zero-order valence-electron chi connectivity index (χ0n) is 22.2. The first-order valence-corrected chi connectivity index (χ1v) is 12.9. The molecule has 1 fully saturated rings. The molecule has 1 aliphatic heterocycles. The van der Waals surface area contributed by atoms with Crippen LogP contribution in [0.1, 0.15) is 62.5 Å². The quantitative estimate of drug-likeness (QED) is 0.304. The van der Waals surface area contributed by atoms with Crippen molar-refractivity contribution in [3.05, 3.63) is 111 Å². The lowest BCUT2D eigenvalue weighted by Gasteiger charge is -2.29. The van der Waals surface area contributed by atoms with Gasteiger partial charge in [0.25, 0.3) is 0 Å². The van der Waals surface area contributed by atoms with Crippen LogP contribution in [0.25, 0.3) is 5.69 Å². The molecule has 0 radical (unpaired) electrons. The van der Waals surface area contributed by atoms with E-state index in [0.717, 1.165) is 16.5 Å². The fourth-order valence-corrected chi connectivity index (χ4v) is 6.13. The topological polar surface area (TPSA) is 33.1 Å². The third kappa shape index (κ3) is 4.01. The maximum absolute atomic E-state index is 5.97. The van der Waals surface area contributed by atoms with E-state index in [1.165, 1.54) is 50.5 Å². The highest BCUT2D eigenvalue weighted by Crippen LogP contribution is 2.44. The van der Waals surface area contributed by atoms with Crippen LogP contribution in [0.15, 0.2) is 60.8 Å². The Balaban J connectivity index is 1.72. The van der Waals surface area contributed by atoms with Crippen LogP contribution in [0.5, 0.6) is 0 Å². The highest BCUT2D eigenvalue weighted by atomic mass is 32.1. The Morgan fingerprint density at radius 2 is 1.53 bits per heavy atom. The molecule has 4 aromatic rings. The van der Waals surface area contributed by atoms with Gasteiger partial charge < -0.3 is 14.8 Å². The largest absolute Gasteiger partial charge is 0.351 e. The minimum absolute atomic E-state index is 0.0273. The van der Waals surface area contributed by atoms with Crippen molar-refractivity contribution in [1.82, 2.24) is 14.9 Å². The van der Waals surface area contributed by atoms with Gasteiger partial charge in [-0.05, 0) is 119 Å². The average molecular weight is 495 g/mol. The number of aryl methyl sites for hydroxylation is 6. The average Bonchev–Trinajstić information content (AvgIpc) is 3.32. The van der Waals surface area contributed by atoms with Crippen molar-refractivity contribution in [3.8, 4) is 5.69 Å². The molecule has 2 aromatic heterocycles. The van der Waals surface area contributed by atoms with Crippen LogP contribution in [0.4, 0.5) is 5.69 Å². The van der Waals surface area contributed by atoms with Crippen molar-refractivity contribution in [1.29, 1.82) is 0 Å². The highest BCUT2D eigenvalue weighted by molar-refractivity contribution is 7.80. The second kappa shape index (κ2) is 9.21. The zero-order valence-corrected chi connectivity index (χ0v) is 23.0. The third-order valence-electron chi connectivity index (χ3n) is 7.51. The number of rotatable bonds is 4. The van der Waals surface area contributed by atoms with Crippen molar-refractivity contribution in [2.24, 2.45) is 0 Å². The molecule has 2 atom stereocenters. The van der Waals surface area contributed by atoms with Crippen molar-refractivity contribution in [3.63, 3.8) is 0 Å². The summed E-state index contributed by atoms with van der Waals surface area (Å²) in [6, 6.07) is 19.5. The number of pyridine rings is 1. The summed E-state index contributed by atoms with van der Waals surface area (Å²) in [4.78, 5) is 7.01. The summed E-state index contributed by atoms with van der Waals surface area (Å²) in [6.45, 7) is 15.3. The number of thiocarbonyl (C=S) groups is 1. The fraction of sp³-hybridized carbons (Fsp3) is 0.290. The fourth-order valence-electron chi connectivity index (χ4n) is 5.78. The molecular formula is C31H34N4S. The predicted octanol–water partition coefficient (Wildman–Crippen LogP) is 7.21. The van der Waals surface area contributed by atoms with Gasteiger partial charge in [0.15, 0.2) is 5.11 Å². The van der Waals surface area contributed by atoms with E-state index >= 15 is 0 Å². The lowest BCUT2D eigenvalue weighted by atomic mass is 9.96. The lowest BCUT2D eigenvalue weighted by molar-refractivity contribution is 0.565. The Morgan fingerprint density at radius 1 is 0.806 bits per heavy atom. The Bertz CT molecular complexity index is 1440. The van der Waals surface area contributed by atoms with Crippen LogP contribution in [0.3, 0.4) is 0 Å². The molecule has 0 aliphatic carbocycles. The molecule has 1 saturated heterocycles. The molecule has 0 bridgehead atoms. The van der Waals surface area contributed by atoms with E-state index in [4.69, 9.17) is 17.2 Å². The third-order valence-corrected chi connectivity index (χ3v) is 7.83. The molecule has 2 aromatic carbocycles. The maximum Gasteiger partial charge on any atom is 0.174 e. The number of hydrogen-bond donors (Lipinski definition) is 1. The summed E-state index contributed by atoms with van der Waals surface area (Å²) in [5.41, 5.74) is 13.5. The molecule has 1 aliphatic rings. The number of benzene rings is 2. The van der Waals surface area contributed by atoms with Gasteiger partial charge in [-0.25, -0.2) is 0 Å². The second-order valence-corrected chi connectivity index (χ2v) is 10.6. The van der Waals surface area contributed by atoms with Gasteiger partial charge in [-0.3, -0.25) is 4.98 Å². The first-order chi connectivity index (χ1) is 17.2. The molecule has 0 saturated carbocycles. The maximum atomic E-state index is 5.97. The van der Waals surface area contributed by atoms with Crippen LogP contribution < -0.4 is 10.2 Å². The number of anilines is 1. The molecular weight excluding hydrogens is 460 g/mol. The Labute approximate surface area is 220 Å². The standard InChI is InChI=1S/C31H34N4S/c1-18-14-21(4)29(22(5)15-18)34-23(6)17-26(24(34)7)30-28(27-10-8-9-13-32-27)33-31(36)35(30)25-12-11-19(2)20(3)16-25/h8-17,28,30H,1-7H3,(H,33,36)/t28-,30+/m1/s1. The summed E-state index contributed by atoms with van der Waals surface area (Å²) in [6.07, 6.45) is 1.86. The summed E-state index contributed by atoms with van der Waals surface area (Å²) in [5.74, 6) is 0. The molecule has 1 N–H and O–H groups in total. The van der Waals surface area contributed by atoms with Gasteiger partial charge in [0.1, 0.15) is 0 Å². The van der Waals surface area contributed by atoms with Gasteiger partial charge in [-0.15, -0.1) is 0 Å². The van der Waals surface area contributed by atoms with Crippen LogP contribution in [0, 0.1) is 48.5 Å². The summed E-state index contributed by atoms with van der Waals surface area (Å²) in [5, 5.41) is 4.34.